The number of aromatic nitrogens is 1. The SMILES string of the molecule is CC(C)CNC(=O)c1cn(C(C)C)cc(C(=O)NCC2(O)CCCCC2)c1=O. The normalized spacial score (nSPS) is 16.2. The minimum Gasteiger partial charge on any atom is -0.388 e. The molecule has 0 saturated heterocycles. The average Bonchev–Trinajstić information content (AvgIpc) is 2.64. The van der Waals surface area contributed by atoms with E-state index in [0.29, 0.717) is 19.4 Å². The van der Waals surface area contributed by atoms with E-state index >= 15 is 0 Å². The van der Waals surface area contributed by atoms with E-state index in [4.69, 9.17) is 0 Å². The van der Waals surface area contributed by atoms with Crippen molar-refractivity contribution in [1.82, 2.24) is 15.2 Å². The molecule has 1 fully saturated rings. The summed E-state index contributed by atoms with van der Waals surface area (Å²) in [6.07, 6.45) is 7.20. The highest BCUT2D eigenvalue weighted by atomic mass is 16.3. The minimum atomic E-state index is -0.919. The van der Waals surface area contributed by atoms with Gasteiger partial charge in [-0.15, -0.1) is 0 Å². The first-order valence-electron chi connectivity index (χ1n) is 10.2. The Balaban J connectivity index is 2.25. The van der Waals surface area contributed by atoms with Crippen LogP contribution >= 0.6 is 0 Å². The summed E-state index contributed by atoms with van der Waals surface area (Å²) in [5.74, 6) is -0.787. The molecular formula is C21H33N3O4. The highest BCUT2D eigenvalue weighted by Crippen LogP contribution is 2.27. The third-order valence-corrected chi connectivity index (χ3v) is 5.16. The predicted octanol–water partition coefficient (Wildman–Crippen LogP) is 2.24. The van der Waals surface area contributed by atoms with Gasteiger partial charge in [-0.1, -0.05) is 33.1 Å². The molecule has 156 valence electrons. The van der Waals surface area contributed by atoms with Gasteiger partial charge < -0.3 is 20.3 Å². The molecule has 0 unspecified atom stereocenters. The van der Waals surface area contributed by atoms with E-state index in [9.17, 15) is 19.5 Å². The van der Waals surface area contributed by atoms with Crippen molar-refractivity contribution in [2.75, 3.05) is 13.1 Å². The summed E-state index contributed by atoms with van der Waals surface area (Å²) >= 11 is 0. The van der Waals surface area contributed by atoms with Gasteiger partial charge in [0.2, 0.25) is 5.43 Å². The lowest BCUT2D eigenvalue weighted by molar-refractivity contribution is 0.00523. The summed E-state index contributed by atoms with van der Waals surface area (Å²) in [5, 5.41) is 16.0. The molecule has 0 spiro atoms. The van der Waals surface area contributed by atoms with E-state index in [1.54, 1.807) is 4.57 Å². The molecule has 0 atom stereocenters. The molecule has 0 aromatic carbocycles. The molecule has 1 aromatic rings. The number of amides is 2. The maximum Gasteiger partial charge on any atom is 0.256 e. The Labute approximate surface area is 166 Å². The van der Waals surface area contributed by atoms with E-state index in [0.717, 1.165) is 19.3 Å². The van der Waals surface area contributed by atoms with Crippen LogP contribution in [0.5, 0.6) is 0 Å². The Kier molecular flexibility index (Phi) is 7.41. The Morgan fingerprint density at radius 1 is 1.04 bits per heavy atom. The number of hydrogen-bond donors (Lipinski definition) is 3. The fourth-order valence-electron chi connectivity index (χ4n) is 3.34. The monoisotopic (exact) mass is 391 g/mol. The van der Waals surface area contributed by atoms with Crippen molar-refractivity contribution in [3.05, 3.63) is 33.7 Å². The van der Waals surface area contributed by atoms with Crippen LogP contribution in [0.15, 0.2) is 17.2 Å². The molecule has 0 bridgehead atoms. The standard InChI is InChI=1S/C21H33N3O4/c1-14(2)10-22-19(26)16-11-24(15(3)4)12-17(18(16)25)20(27)23-13-21(28)8-6-5-7-9-21/h11-12,14-15,28H,5-10,13H2,1-4H3,(H,22,26)(H,23,27). The molecule has 2 rings (SSSR count). The van der Waals surface area contributed by atoms with Crippen LogP contribution in [0.3, 0.4) is 0 Å². The lowest BCUT2D eigenvalue weighted by Crippen LogP contribution is -2.45. The van der Waals surface area contributed by atoms with Crippen molar-refractivity contribution in [3.8, 4) is 0 Å². The van der Waals surface area contributed by atoms with E-state index in [-0.39, 0.29) is 29.6 Å². The fourth-order valence-corrected chi connectivity index (χ4v) is 3.34. The minimum absolute atomic E-state index is 0.0219. The van der Waals surface area contributed by atoms with Crippen molar-refractivity contribution in [3.63, 3.8) is 0 Å². The molecule has 7 heteroatoms. The van der Waals surface area contributed by atoms with Crippen molar-refractivity contribution >= 4 is 11.8 Å². The number of hydrogen-bond acceptors (Lipinski definition) is 4. The maximum absolute atomic E-state index is 12.8. The number of rotatable bonds is 7. The molecule has 7 nitrogen and oxygen atoms in total. The highest BCUT2D eigenvalue weighted by molar-refractivity contribution is 5.99. The third-order valence-electron chi connectivity index (χ3n) is 5.16. The molecule has 0 aliphatic heterocycles. The first-order chi connectivity index (χ1) is 13.1. The summed E-state index contributed by atoms with van der Waals surface area (Å²) < 4.78 is 1.69. The van der Waals surface area contributed by atoms with Gasteiger partial charge in [0.25, 0.3) is 11.8 Å². The Morgan fingerprint density at radius 3 is 2.07 bits per heavy atom. The molecule has 1 heterocycles. The number of carbonyl (C=O) groups is 2. The van der Waals surface area contributed by atoms with Gasteiger partial charge in [0, 0.05) is 31.5 Å². The molecular weight excluding hydrogens is 358 g/mol. The second-order valence-corrected chi connectivity index (χ2v) is 8.53. The van der Waals surface area contributed by atoms with Gasteiger partial charge in [-0.05, 0) is 32.6 Å². The molecule has 28 heavy (non-hydrogen) atoms. The van der Waals surface area contributed by atoms with Crippen LogP contribution in [0.25, 0.3) is 0 Å². The van der Waals surface area contributed by atoms with Crippen LogP contribution in [0.2, 0.25) is 0 Å². The lowest BCUT2D eigenvalue weighted by atomic mass is 9.85. The molecule has 1 aliphatic carbocycles. The zero-order valence-electron chi connectivity index (χ0n) is 17.4. The Morgan fingerprint density at radius 2 is 1.57 bits per heavy atom. The smallest absolute Gasteiger partial charge is 0.256 e. The summed E-state index contributed by atoms with van der Waals surface area (Å²) in [6, 6.07) is -0.0219. The second-order valence-electron chi connectivity index (χ2n) is 8.53. The molecule has 1 aliphatic rings. The number of pyridine rings is 1. The topological polar surface area (TPSA) is 100 Å². The second kappa shape index (κ2) is 9.37. The molecule has 1 aromatic heterocycles. The van der Waals surface area contributed by atoms with Crippen LogP contribution in [0.1, 0.15) is 86.6 Å². The van der Waals surface area contributed by atoms with Gasteiger partial charge in [-0.2, -0.15) is 0 Å². The van der Waals surface area contributed by atoms with Crippen molar-refractivity contribution in [2.45, 2.75) is 71.4 Å². The zero-order chi connectivity index (χ0) is 20.9. The first kappa shape index (κ1) is 22.1. The van der Waals surface area contributed by atoms with E-state index in [1.807, 2.05) is 27.7 Å². The highest BCUT2D eigenvalue weighted by Gasteiger charge is 2.30. The quantitative estimate of drug-likeness (QED) is 0.663. The van der Waals surface area contributed by atoms with E-state index in [1.165, 1.54) is 12.4 Å². The van der Waals surface area contributed by atoms with Crippen molar-refractivity contribution in [1.29, 1.82) is 0 Å². The number of carbonyl (C=O) groups excluding carboxylic acids is 2. The van der Waals surface area contributed by atoms with Crippen LogP contribution in [-0.4, -0.2) is 40.2 Å². The Bertz CT molecular complexity index is 761. The maximum atomic E-state index is 12.8. The summed E-state index contributed by atoms with van der Waals surface area (Å²) in [6.45, 7) is 8.30. The first-order valence-corrected chi connectivity index (χ1v) is 10.2. The summed E-state index contributed by atoms with van der Waals surface area (Å²) in [7, 11) is 0. The van der Waals surface area contributed by atoms with E-state index < -0.39 is 22.8 Å². The molecule has 0 radical (unpaired) electrons. The van der Waals surface area contributed by atoms with Gasteiger partial charge in [0.15, 0.2) is 0 Å². The van der Waals surface area contributed by atoms with Crippen LogP contribution in [-0.2, 0) is 0 Å². The zero-order valence-corrected chi connectivity index (χ0v) is 17.4. The van der Waals surface area contributed by atoms with Crippen molar-refractivity contribution < 1.29 is 14.7 Å². The Hall–Kier alpha value is -2.15. The predicted molar refractivity (Wildman–Crippen MR) is 109 cm³/mol. The van der Waals surface area contributed by atoms with Gasteiger partial charge in [0.1, 0.15) is 11.1 Å². The van der Waals surface area contributed by atoms with Crippen LogP contribution in [0, 0.1) is 5.92 Å². The third kappa shape index (κ3) is 5.67. The van der Waals surface area contributed by atoms with Crippen molar-refractivity contribution in [2.24, 2.45) is 5.92 Å². The lowest BCUT2D eigenvalue weighted by Gasteiger charge is -2.32. The van der Waals surface area contributed by atoms with Gasteiger partial charge in [-0.25, -0.2) is 0 Å². The summed E-state index contributed by atoms with van der Waals surface area (Å²) in [5.41, 5.74) is -1.63. The van der Waals surface area contributed by atoms with Gasteiger partial charge >= 0.3 is 0 Å². The summed E-state index contributed by atoms with van der Waals surface area (Å²) in [4.78, 5) is 38.0. The number of aliphatic hydroxyl groups is 1. The number of nitrogens with zero attached hydrogens (tertiary/aromatic N) is 1. The fraction of sp³-hybridized carbons (Fsp3) is 0.667. The largest absolute Gasteiger partial charge is 0.388 e. The van der Waals surface area contributed by atoms with Crippen LogP contribution in [0.4, 0.5) is 0 Å². The molecule has 1 saturated carbocycles. The van der Waals surface area contributed by atoms with E-state index in [2.05, 4.69) is 10.6 Å². The van der Waals surface area contributed by atoms with Gasteiger partial charge in [0.05, 0.1) is 5.60 Å². The van der Waals surface area contributed by atoms with Gasteiger partial charge in [-0.3, -0.25) is 14.4 Å². The number of nitrogens with one attached hydrogen (secondary N) is 2. The average molecular weight is 392 g/mol. The molecule has 3 N–H and O–H groups in total. The van der Waals surface area contributed by atoms with Crippen LogP contribution < -0.4 is 16.1 Å². The molecule has 2 amide bonds.